The van der Waals surface area contributed by atoms with Crippen molar-refractivity contribution in [3.05, 3.63) is 60.9 Å². The number of anilines is 2. The first kappa shape index (κ1) is 22.1. The van der Waals surface area contributed by atoms with Crippen LogP contribution in [0.1, 0.15) is 6.92 Å². The quantitative estimate of drug-likeness (QED) is 0.456. The maximum absolute atomic E-state index is 12.9. The molecule has 0 unspecified atom stereocenters. The Hall–Kier alpha value is -4.08. The predicted octanol–water partition coefficient (Wildman–Crippen LogP) is 4.30. The van der Waals surface area contributed by atoms with Crippen LogP contribution in [0.5, 0.6) is 0 Å². The number of benzene rings is 1. The van der Waals surface area contributed by atoms with Crippen LogP contribution < -0.4 is 15.5 Å². The molecule has 4 rings (SSSR count). The fourth-order valence-corrected chi connectivity index (χ4v) is 3.24. The lowest BCUT2D eigenvalue weighted by Crippen LogP contribution is -2.37. The number of amides is 2. The lowest BCUT2D eigenvalue weighted by Gasteiger charge is -2.13. The van der Waals surface area contributed by atoms with Gasteiger partial charge in [0.2, 0.25) is 0 Å². The van der Waals surface area contributed by atoms with E-state index in [2.05, 4.69) is 25.8 Å². The zero-order chi connectivity index (χ0) is 23.6. The lowest BCUT2D eigenvalue weighted by molar-refractivity contribution is 0.0257. The molecule has 170 valence electrons. The number of carbonyl (C=O) groups is 1. The van der Waals surface area contributed by atoms with Crippen molar-refractivity contribution in [2.45, 2.75) is 12.8 Å². The molecule has 3 aromatic heterocycles. The van der Waals surface area contributed by atoms with Crippen molar-refractivity contribution in [3.8, 4) is 22.5 Å². The minimum atomic E-state index is -2.98. The van der Waals surface area contributed by atoms with E-state index < -0.39 is 18.5 Å². The standard InChI is InChI=1S/C23H23F2N7O/c1-23(24,25)14-27-22(33)28-17-6-4-5-16(11-17)19-13-26-21-12-15(9-10-32(19)21)18-7-8-20(30-29-18)31(2)3/h4-13H,14H2,1-3H3,(H2,27,28,33). The van der Waals surface area contributed by atoms with Gasteiger partial charge in [-0.25, -0.2) is 18.6 Å². The zero-order valence-electron chi connectivity index (χ0n) is 18.4. The highest BCUT2D eigenvalue weighted by Gasteiger charge is 2.21. The van der Waals surface area contributed by atoms with Gasteiger partial charge in [-0.2, -0.15) is 0 Å². The second-order valence-electron chi connectivity index (χ2n) is 7.92. The third-order valence-electron chi connectivity index (χ3n) is 4.89. The molecule has 1 aromatic carbocycles. The maximum Gasteiger partial charge on any atom is 0.319 e. The molecule has 2 N–H and O–H groups in total. The molecule has 4 aromatic rings. The van der Waals surface area contributed by atoms with Crippen LogP contribution in [0.2, 0.25) is 0 Å². The number of hydrogen-bond acceptors (Lipinski definition) is 5. The van der Waals surface area contributed by atoms with Gasteiger partial charge in [0.15, 0.2) is 5.82 Å². The van der Waals surface area contributed by atoms with Crippen molar-refractivity contribution in [1.29, 1.82) is 0 Å². The second kappa shape index (κ2) is 8.81. The molecule has 0 atom stereocenters. The van der Waals surface area contributed by atoms with Crippen molar-refractivity contribution < 1.29 is 13.6 Å². The summed E-state index contributed by atoms with van der Waals surface area (Å²) in [6.45, 7) is 0.00578. The van der Waals surface area contributed by atoms with Gasteiger partial charge in [0.05, 0.1) is 24.1 Å². The SMILES string of the molecule is CN(C)c1ccc(-c2ccn3c(-c4cccc(NC(=O)NCC(C)(F)F)c4)cnc3c2)nn1. The number of halogens is 2. The average Bonchev–Trinajstić information content (AvgIpc) is 3.21. The summed E-state index contributed by atoms with van der Waals surface area (Å²) in [7, 11) is 3.81. The van der Waals surface area contributed by atoms with Crippen LogP contribution in [0, 0.1) is 0 Å². The molecular weight excluding hydrogens is 428 g/mol. The molecule has 2 amide bonds. The minimum Gasteiger partial charge on any atom is -0.361 e. The van der Waals surface area contributed by atoms with Crippen LogP contribution >= 0.6 is 0 Å². The van der Waals surface area contributed by atoms with Gasteiger partial charge in [-0.05, 0) is 36.4 Å². The zero-order valence-corrected chi connectivity index (χ0v) is 18.4. The normalized spacial score (nSPS) is 11.4. The Morgan fingerprint density at radius 3 is 2.61 bits per heavy atom. The number of aromatic nitrogens is 4. The van der Waals surface area contributed by atoms with Crippen molar-refractivity contribution >= 4 is 23.2 Å². The van der Waals surface area contributed by atoms with E-state index in [9.17, 15) is 13.6 Å². The van der Waals surface area contributed by atoms with E-state index in [-0.39, 0.29) is 0 Å². The Morgan fingerprint density at radius 1 is 1.09 bits per heavy atom. The van der Waals surface area contributed by atoms with Gasteiger partial charge < -0.3 is 15.5 Å². The summed E-state index contributed by atoms with van der Waals surface area (Å²) >= 11 is 0. The molecular formula is C23H23F2N7O. The molecule has 0 fully saturated rings. The molecule has 0 aliphatic heterocycles. The summed E-state index contributed by atoms with van der Waals surface area (Å²) in [6, 6.07) is 14.1. The number of nitrogens with one attached hydrogen (secondary N) is 2. The van der Waals surface area contributed by atoms with Gasteiger partial charge in [-0.15, -0.1) is 10.2 Å². The number of urea groups is 1. The highest BCUT2D eigenvalue weighted by atomic mass is 19.3. The highest BCUT2D eigenvalue weighted by Crippen LogP contribution is 2.26. The third-order valence-corrected chi connectivity index (χ3v) is 4.89. The van der Waals surface area contributed by atoms with E-state index in [1.54, 1.807) is 24.4 Å². The first-order chi connectivity index (χ1) is 15.7. The number of fused-ring (bicyclic) bond motifs is 1. The Morgan fingerprint density at radius 2 is 1.91 bits per heavy atom. The second-order valence-corrected chi connectivity index (χ2v) is 7.92. The van der Waals surface area contributed by atoms with Crippen molar-refractivity contribution in [2.75, 3.05) is 30.9 Å². The number of nitrogens with zero attached hydrogens (tertiary/aromatic N) is 5. The minimum absolute atomic E-state index is 0.479. The van der Waals surface area contributed by atoms with Crippen LogP contribution in [0.15, 0.2) is 60.9 Å². The van der Waals surface area contributed by atoms with Crippen LogP contribution in [0.25, 0.3) is 28.2 Å². The summed E-state index contributed by atoms with van der Waals surface area (Å²) in [5, 5.41) is 13.2. The Kier molecular flexibility index (Phi) is 5.91. The molecule has 0 aliphatic rings. The molecule has 0 saturated heterocycles. The van der Waals surface area contributed by atoms with Crippen molar-refractivity contribution in [3.63, 3.8) is 0 Å². The van der Waals surface area contributed by atoms with Gasteiger partial charge in [0.1, 0.15) is 5.65 Å². The summed E-state index contributed by atoms with van der Waals surface area (Å²) in [5.41, 5.74) is 4.45. The van der Waals surface area contributed by atoms with E-state index in [1.165, 1.54) is 0 Å². The molecule has 10 heteroatoms. The highest BCUT2D eigenvalue weighted by molar-refractivity contribution is 5.90. The van der Waals surface area contributed by atoms with Gasteiger partial charge in [0, 0.05) is 44.0 Å². The van der Waals surface area contributed by atoms with Crippen molar-refractivity contribution in [2.24, 2.45) is 0 Å². The number of hydrogen-bond donors (Lipinski definition) is 2. The summed E-state index contributed by atoms with van der Waals surface area (Å²) in [6.07, 6.45) is 3.63. The van der Waals surface area contributed by atoms with Gasteiger partial charge in [-0.3, -0.25) is 4.40 Å². The fraction of sp³-hybridized carbons (Fsp3) is 0.217. The maximum atomic E-state index is 12.9. The molecule has 0 bridgehead atoms. The van der Waals surface area contributed by atoms with E-state index in [0.29, 0.717) is 5.69 Å². The number of pyridine rings is 1. The predicted molar refractivity (Wildman–Crippen MR) is 124 cm³/mol. The summed E-state index contributed by atoms with van der Waals surface area (Å²) < 4.78 is 27.8. The Bertz CT molecular complexity index is 1280. The molecule has 0 spiro atoms. The number of rotatable bonds is 6. The third kappa shape index (κ3) is 5.22. The van der Waals surface area contributed by atoms with E-state index >= 15 is 0 Å². The molecule has 33 heavy (non-hydrogen) atoms. The first-order valence-corrected chi connectivity index (χ1v) is 10.2. The number of alkyl halides is 2. The van der Waals surface area contributed by atoms with E-state index in [1.807, 2.05) is 59.9 Å². The molecule has 3 heterocycles. The molecule has 0 saturated carbocycles. The van der Waals surface area contributed by atoms with Crippen LogP contribution in [0.3, 0.4) is 0 Å². The summed E-state index contributed by atoms with van der Waals surface area (Å²) in [5.74, 6) is -2.21. The molecule has 0 aliphatic carbocycles. The van der Waals surface area contributed by atoms with Gasteiger partial charge in [-0.1, -0.05) is 12.1 Å². The first-order valence-electron chi connectivity index (χ1n) is 10.2. The topological polar surface area (TPSA) is 87.5 Å². The van der Waals surface area contributed by atoms with Crippen LogP contribution in [0.4, 0.5) is 25.1 Å². The Labute approximate surface area is 189 Å². The van der Waals surface area contributed by atoms with Crippen LogP contribution in [-0.2, 0) is 0 Å². The Balaban J connectivity index is 1.55. The smallest absolute Gasteiger partial charge is 0.319 e. The fourth-order valence-electron chi connectivity index (χ4n) is 3.24. The molecule has 0 radical (unpaired) electrons. The summed E-state index contributed by atoms with van der Waals surface area (Å²) in [4.78, 5) is 18.3. The lowest BCUT2D eigenvalue weighted by atomic mass is 10.1. The molecule has 8 nitrogen and oxygen atoms in total. The van der Waals surface area contributed by atoms with Crippen molar-refractivity contribution in [1.82, 2.24) is 24.9 Å². The van der Waals surface area contributed by atoms with Crippen LogP contribution in [-0.4, -0.2) is 52.2 Å². The van der Waals surface area contributed by atoms with Gasteiger partial charge >= 0.3 is 6.03 Å². The largest absolute Gasteiger partial charge is 0.361 e. The van der Waals surface area contributed by atoms with Gasteiger partial charge in [0.25, 0.3) is 5.92 Å². The van der Waals surface area contributed by atoms with E-state index in [0.717, 1.165) is 40.9 Å². The average molecular weight is 451 g/mol. The van der Waals surface area contributed by atoms with E-state index in [4.69, 9.17) is 0 Å². The monoisotopic (exact) mass is 451 g/mol. The number of carbonyl (C=O) groups excluding carboxylic acids is 1. The number of imidazole rings is 1.